The van der Waals surface area contributed by atoms with Gasteiger partial charge in [-0.15, -0.1) is 6.58 Å². The number of carbonyl (C=O) groups is 2. The van der Waals surface area contributed by atoms with Crippen molar-refractivity contribution in [1.82, 2.24) is 10.1 Å². The lowest BCUT2D eigenvalue weighted by Crippen LogP contribution is -2.38. The molecule has 0 unspecified atom stereocenters. The number of nitro benzene ring substituents is 1. The number of hydrogen-bond acceptors (Lipinski definition) is 6. The third-order valence-electron chi connectivity index (χ3n) is 3.33. The summed E-state index contributed by atoms with van der Waals surface area (Å²) in [5.41, 5.74) is 0.408. The minimum atomic E-state index is -0.554. The molecule has 1 N–H and O–H groups in total. The molecular weight excluding hydrogens is 328 g/mol. The van der Waals surface area contributed by atoms with Crippen molar-refractivity contribution in [3.05, 3.63) is 64.4 Å². The molecule has 0 atom stereocenters. The van der Waals surface area contributed by atoms with Crippen LogP contribution in [0.2, 0.25) is 0 Å². The zero-order valence-electron chi connectivity index (χ0n) is 13.5. The Bertz CT molecular complexity index is 801. The van der Waals surface area contributed by atoms with Crippen molar-refractivity contribution >= 4 is 23.3 Å². The van der Waals surface area contributed by atoms with Crippen molar-refractivity contribution in [1.29, 1.82) is 0 Å². The van der Waals surface area contributed by atoms with E-state index in [1.807, 2.05) is 0 Å². The maximum absolute atomic E-state index is 12.6. The van der Waals surface area contributed by atoms with Crippen LogP contribution >= 0.6 is 0 Å². The molecule has 2 aromatic rings. The number of aromatic nitrogens is 1. The minimum Gasteiger partial charge on any atom is -0.363 e. The van der Waals surface area contributed by atoms with Crippen molar-refractivity contribution < 1.29 is 19.0 Å². The molecule has 9 heteroatoms. The lowest BCUT2D eigenvalue weighted by atomic mass is 10.1. The van der Waals surface area contributed by atoms with Crippen LogP contribution in [0.3, 0.4) is 0 Å². The summed E-state index contributed by atoms with van der Waals surface area (Å²) in [4.78, 5) is 36.3. The van der Waals surface area contributed by atoms with Gasteiger partial charge in [-0.25, -0.2) is 0 Å². The second kappa shape index (κ2) is 7.86. The summed E-state index contributed by atoms with van der Waals surface area (Å²) < 4.78 is 4.61. The van der Waals surface area contributed by atoms with Gasteiger partial charge in [0.05, 0.1) is 4.92 Å². The highest BCUT2D eigenvalue weighted by molar-refractivity contribution is 5.99. The maximum Gasteiger partial charge on any atom is 0.273 e. The molecule has 9 nitrogen and oxygen atoms in total. The Labute approximate surface area is 143 Å². The van der Waals surface area contributed by atoms with E-state index in [-0.39, 0.29) is 30.2 Å². The molecule has 0 saturated heterocycles. The highest BCUT2D eigenvalue weighted by atomic mass is 16.6. The standard InChI is InChI=1S/C16H16N4O5/c1-3-7-19(10-15(21)17-14-6-8-25-18-14)16(22)12-5-4-11(2)13(9-12)20(23)24/h3-6,8-9H,1,7,10H2,2H3,(H,17,18,21). The third-order valence-corrected chi connectivity index (χ3v) is 3.33. The molecule has 2 rings (SSSR count). The van der Waals surface area contributed by atoms with Crippen LogP contribution in [-0.2, 0) is 4.79 Å². The summed E-state index contributed by atoms with van der Waals surface area (Å²) in [5, 5.41) is 17.1. The Morgan fingerprint density at radius 3 is 2.80 bits per heavy atom. The van der Waals surface area contributed by atoms with Gasteiger partial charge in [0.25, 0.3) is 11.6 Å². The van der Waals surface area contributed by atoms with Gasteiger partial charge in [0, 0.05) is 29.8 Å². The highest BCUT2D eigenvalue weighted by Crippen LogP contribution is 2.20. The van der Waals surface area contributed by atoms with E-state index in [1.54, 1.807) is 6.92 Å². The Balaban J connectivity index is 2.17. The van der Waals surface area contributed by atoms with Gasteiger partial charge in [-0.3, -0.25) is 19.7 Å². The fourth-order valence-electron chi connectivity index (χ4n) is 2.13. The lowest BCUT2D eigenvalue weighted by molar-refractivity contribution is -0.385. The van der Waals surface area contributed by atoms with Crippen LogP contribution in [0.1, 0.15) is 15.9 Å². The number of aryl methyl sites for hydroxylation is 1. The average Bonchev–Trinajstić information content (AvgIpc) is 3.06. The molecule has 0 aliphatic rings. The zero-order chi connectivity index (χ0) is 18.4. The highest BCUT2D eigenvalue weighted by Gasteiger charge is 2.21. The second-order valence-electron chi connectivity index (χ2n) is 5.17. The molecule has 1 aromatic heterocycles. The Hall–Kier alpha value is -3.49. The predicted octanol–water partition coefficient (Wildman–Crippen LogP) is 2.16. The van der Waals surface area contributed by atoms with Crippen molar-refractivity contribution in [3.63, 3.8) is 0 Å². The largest absolute Gasteiger partial charge is 0.363 e. The van der Waals surface area contributed by atoms with Crippen LogP contribution in [0.15, 0.2) is 47.7 Å². The summed E-state index contributed by atoms with van der Waals surface area (Å²) in [6, 6.07) is 5.63. The molecular formula is C16H16N4O5. The van der Waals surface area contributed by atoms with Crippen LogP contribution in [0.4, 0.5) is 11.5 Å². The van der Waals surface area contributed by atoms with E-state index < -0.39 is 16.7 Å². The number of rotatable bonds is 7. The van der Waals surface area contributed by atoms with Crippen molar-refractivity contribution in [2.45, 2.75) is 6.92 Å². The van der Waals surface area contributed by atoms with Crippen molar-refractivity contribution in [2.75, 3.05) is 18.4 Å². The summed E-state index contributed by atoms with van der Waals surface area (Å²) in [6.07, 6.45) is 2.76. The molecule has 0 aliphatic heterocycles. The Morgan fingerprint density at radius 1 is 1.44 bits per heavy atom. The maximum atomic E-state index is 12.6. The quantitative estimate of drug-likeness (QED) is 0.467. The number of anilines is 1. The first-order valence-electron chi connectivity index (χ1n) is 7.28. The average molecular weight is 344 g/mol. The molecule has 25 heavy (non-hydrogen) atoms. The van der Waals surface area contributed by atoms with E-state index in [4.69, 9.17) is 0 Å². The van der Waals surface area contributed by atoms with Gasteiger partial charge in [-0.05, 0) is 13.0 Å². The van der Waals surface area contributed by atoms with Crippen LogP contribution in [0, 0.1) is 17.0 Å². The van der Waals surface area contributed by atoms with E-state index in [2.05, 4.69) is 21.6 Å². The monoisotopic (exact) mass is 344 g/mol. The fourth-order valence-corrected chi connectivity index (χ4v) is 2.13. The van der Waals surface area contributed by atoms with E-state index >= 15 is 0 Å². The molecule has 0 aliphatic carbocycles. The first kappa shape index (κ1) is 17.9. The van der Waals surface area contributed by atoms with Crippen molar-refractivity contribution in [2.24, 2.45) is 0 Å². The molecule has 1 heterocycles. The first-order chi connectivity index (χ1) is 11.9. The van der Waals surface area contributed by atoms with Crippen molar-refractivity contribution in [3.8, 4) is 0 Å². The number of benzene rings is 1. The summed E-state index contributed by atoms with van der Waals surface area (Å²) in [6.45, 7) is 4.98. The molecule has 0 fully saturated rings. The third kappa shape index (κ3) is 4.50. The van der Waals surface area contributed by atoms with Gasteiger partial charge < -0.3 is 14.7 Å². The molecule has 130 valence electrons. The van der Waals surface area contributed by atoms with Crippen LogP contribution in [0.5, 0.6) is 0 Å². The van der Waals surface area contributed by atoms with E-state index in [9.17, 15) is 19.7 Å². The van der Waals surface area contributed by atoms with Gasteiger partial charge >= 0.3 is 0 Å². The van der Waals surface area contributed by atoms with E-state index in [0.29, 0.717) is 5.56 Å². The van der Waals surface area contributed by atoms with Gasteiger partial charge in [-0.1, -0.05) is 17.3 Å². The topological polar surface area (TPSA) is 119 Å². The normalized spacial score (nSPS) is 10.1. The number of carbonyl (C=O) groups excluding carboxylic acids is 2. The first-order valence-corrected chi connectivity index (χ1v) is 7.28. The van der Waals surface area contributed by atoms with Gasteiger partial charge in [0.1, 0.15) is 12.8 Å². The molecule has 1 aromatic carbocycles. The molecule has 2 amide bonds. The number of nitro groups is 1. The number of nitrogens with one attached hydrogen (secondary N) is 1. The van der Waals surface area contributed by atoms with Gasteiger partial charge in [0.2, 0.25) is 5.91 Å². The Kier molecular flexibility index (Phi) is 5.62. The van der Waals surface area contributed by atoms with Gasteiger partial charge in [-0.2, -0.15) is 0 Å². The minimum absolute atomic E-state index is 0.104. The molecule has 0 radical (unpaired) electrons. The van der Waals surface area contributed by atoms with Crippen LogP contribution in [-0.4, -0.2) is 39.9 Å². The number of nitrogens with zero attached hydrogens (tertiary/aromatic N) is 3. The molecule has 0 saturated carbocycles. The summed E-state index contributed by atoms with van der Waals surface area (Å²) in [5.74, 6) is -0.772. The Morgan fingerprint density at radius 2 is 2.20 bits per heavy atom. The second-order valence-corrected chi connectivity index (χ2v) is 5.17. The van der Waals surface area contributed by atoms with E-state index in [1.165, 1.54) is 41.5 Å². The lowest BCUT2D eigenvalue weighted by Gasteiger charge is -2.20. The van der Waals surface area contributed by atoms with Crippen LogP contribution in [0.25, 0.3) is 0 Å². The fraction of sp³-hybridized carbons (Fsp3) is 0.188. The smallest absolute Gasteiger partial charge is 0.273 e. The SMILES string of the molecule is C=CCN(CC(=O)Nc1ccon1)C(=O)c1ccc(C)c([N+](=O)[O-])c1. The molecule has 0 bridgehead atoms. The van der Waals surface area contributed by atoms with Gasteiger partial charge in [0.15, 0.2) is 5.82 Å². The zero-order valence-corrected chi connectivity index (χ0v) is 13.5. The van der Waals surface area contributed by atoms with E-state index in [0.717, 1.165) is 0 Å². The number of amides is 2. The predicted molar refractivity (Wildman–Crippen MR) is 89.1 cm³/mol. The molecule has 0 spiro atoms. The van der Waals surface area contributed by atoms with Crippen LogP contribution < -0.4 is 5.32 Å². The summed E-state index contributed by atoms with van der Waals surface area (Å²) in [7, 11) is 0. The number of hydrogen-bond donors (Lipinski definition) is 1. The summed E-state index contributed by atoms with van der Waals surface area (Å²) >= 11 is 0.